The second-order valence-electron chi connectivity index (χ2n) is 5.98. The standard InChI is InChI=1S/C19H21ClN2O2/c1-13-11-16(12-14(2)18(13)20)24-10-8-21-19(23)22-9-7-15-5-3-4-6-17(15)22/h3-6,11-12H,7-10H2,1-2H3,(H,21,23). The largest absolute Gasteiger partial charge is 0.492 e. The summed E-state index contributed by atoms with van der Waals surface area (Å²) in [5, 5.41) is 3.68. The summed E-state index contributed by atoms with van der Waals surface area (Å²) in [6.45, 7) is 5.51. The maximum absolute atomic E-state index is 12.3. The van der Waals surface area contributed by atoms with Crippen LogP contribution in [0.1, 0.15) is 16.7 Å². The lowest BCUT2D eigenvalue weighted by molar-refractivity contribution is 0.242. The molecule has 5 heteroatoms. The molecule has 0 radical (unpaired) electrons. The van der Waals surface area contributed by atoms with E-state index in [2.05, 4.69) is 11.4 Å². The molecule has 4 nitrogen and oxygen atoms in total. The van der Waals surface area contributed by atoms with Crippen molar-refractivity contribution in [3.8, 4) is 5.75 Å². The first kappa shape index (κ1) is 16.7. The fourth-order valence-electron chi connectivity index (χ4n) is 2.96. The molecule has 0 fully saturated rings. The van der Waals surface area contributed by atoms with Crippen molar-refractivity contribution in [2.45, 2.75) is 20.3 Å². The Kier molecular flexibility index (Phi) is 4.95. The SMILES string of the molecule is Cc1cc(OCCNC(=O)N2CCc3ccccc32)cc(C)c1Cl. The molecule has 24 heavy (non-hydrogen) atoms. The van der Waals surface area contributed by atoms with Gasteiger partial charge in [-0.05, 0) is 55.2 Å². The molecule has 0 bridgehead atoms. The van der Waals surface area contributed by atoms with Gasteiger partial charge in [0, 0.05) is 17.3 Å². The predicted molar refractivity (Wildman–Crippen MR) is 97.3 cm³/mol. The van der Waals surface area contributed by atoms with Crippen LogP contribution in [-0.4, -0.2) is 25.7 Å². The highest BCUT2D eigenvalue weighted by molar-refractivity contribution is 6.32. The molecule has 1 heterocycles. The molecule has 2 amide bonds. The Bertz CT molecular complexity index is 738. The molecular formula is C19H21ClN2O2. The molecule has 2 aromatic carbocycles. The molecule has 2 aromatic rings. The summed E-state index contributed by atoms with van der Waals surface area (Å²) < 4.78 is 5.71. The van der Waals surface area contributed by atoms with Crippen LogP contribution in [0, 0.1) is 13.8 Å². The number of halogens is 1. The molecule has 1 N–H and O–H groups in total. The Hall–Kier alpha value is -2.20. The number of anilines is 1. The highest BCUT2D eigenvalue weighted by Gasteiger charge is 2.23. The number of nitrogens with zero attached hydrogens (tertiary/aromatic N) is 1. The van der Waals surface area contributed by atoms with Crippen molar-refractivity contribution in [1.82, 2.24) is 5.32 Å². The average Bonchev–Trinajstić information content (AvgIpc) is 3.00. The predicted octanol–water partition coefficient (Wildman–Crippen LogP) is 4.11. The van der Waals surface area contributed by atoms with E-state index < -0.39 is 0 Å². The lowest BCUT2D eigenvalue weighted by atomic mass is 10.1. The number of benzene rings is 2. The third-order valence-corrected chi connectivity index (χ3v) is 4.79. The minimum Gasteiger partial charge on any atom is -0.492 e. The lowest BCUT2D eigenvalue weighted by Gasteiger charge is -2.18. The van der Waals surface area contributed by atoms with Crippen LogP contribution in [0.4, 0.5) is 10.5 Å². The van der Waals surface area contributed by atoms with Gasteiger partial charge in [-0.25, -0.2) is 4.79 Å². The average molecular weight is 345 g/mol. The molecule has 0 saturated carbocycles. The third kappa shape index (κ3) is 3.49. The van der Waals surface area contributed by atoms with Gasteiger partial charge in [0.15, 0.2) is 0 Å². The van der Waals surface area contributed by atoms with Crippen LogP contribution in [0.15, 0.2) is 36.4 Å². The van der Waals surface area contributed by atoms with Gasteiger partial charge in [-0.15, -0.1) is 0 Å². The van der Waals surface area contributed by atoms with Crippen LogP contribution in [0.5, 0.6) is 5.75 Å². The van der Waals surface area contributed by atoms with Gasteiger partial charge in [-0.3, -0.25) is 4.90 Å². The molecule has 0 spiro atoms. The van der Waals surface area contributed by atoms with E-state index in [4.69, 9.17) is 16.3 Å². The van der Waals surface area contributed by atoms with Gasteiger partial charge < -0.3 is 10.1 Å². The van der Waals surface area contributed by atoms with E-state index in [9.17, 15) is 4.79 Å². The van der Waals surface area contributed by atoms with E-state index in [0.717, 1.165) is 40.6 Å². The van der Waals surface area contributed by atoms with Gasteiger partial charge in [0.1, 0.15) is 12.4 Å². The van der Waals surface area contributed by atoms with Crippen molar-refractivity contribution >= 4 is 23.3 Å². The lowest BCUT2D eigenvalue weighted by Crippen LogP contribution is -2.40. The number of rotatable bonds is 4. The summed E-state index contributed by atoms with van der Waals surface area (Å²) in [6, 6.07) is 11.8. The number of aryl methyl sites for hydroxylation is 2. The van der Waals surface area contributed by atoms with Crippen LogP contribution in [-0.2, 0) is 6.42 Å². The summed E-state index contributed by atoms with van der Waals surface area (Å²) in [5.74, 6) is 0.773. The molecular weight excluding hydrogens is 324 g/mol. The van der Waals surface area contributed by atoms with Crippen molar-refractivity contribution in [3.05, 3.63) is 58.1 Å². The fourth-order valence-corrected chi connectivity index (χ4v) is 3.07. The number of para-hydroxylation sites is 1. The number of hydrogen-bond acceptors (Lipinski definition) is 2. The first-order chi connectivity index (χ1) is 11.6. The highest BCUT2D eigenvalue weighted by atomic mass is 35.5. The Morgan fingerprint density at radius 1 is 1.25 bits per heavy atom. The van der Waals surface area contributed by atoms with Crippen LogP contribution in [0.2, 0.25) is 5.02 Å². The van der Waals surface area contributed by atoms with Crippen molar-refractivity contribution in [2.75, 3.05) is 24.6 Å². The molecule has 3 rings (SSSR count). The number of fused-ring (bicyclic) bond motifs is 1. The second kappa shape index (κ2) is 7.14. The van der Waals surface area contributed by atoms with E-state index in [1.54, 1.807) is 4.90 Å². The molecule has 0 aromatic heterocycles. The van der Waals surface area contributed by atoms with Crippen molar-refractivity contribution < 1.29 is 9.53 Å². The fraction of sp³-hybridized carbons (Fsp3) is 0.316. The minimum absolute atomic E-state index is 0.0768. The minimum atomic E-state index is -0.0768. The third-order valence-electron chi connectivity index (χ3n) is 4.19. The maximum Gasteiger partial charge on any atom is 0.322 e. The van der Waals surface area contributed by atoms with Gasteiger partial charge in [-0.2, -0.15) is 0 Å². The number of carbonyl (C=O) groups excluding carboxylic acids is 1. The highest BCUT2D eigenvalue weighted by Crippen LogP contribution is 2.27. The normalized spacial score (nSPS) is 12.9. The zero-order chi connectivity index (χ0) is 17.1. The monoisotopic (exact) mass is 344 g/mol. The van der Waals surface area contributed by atoms with Crippen molar-refractivity contribution in [2.24, 2.45) is 0 Å². The molecule has 0 unspecified atom stereocenters. The Balaban J connectivity index is 1.50. The summed E-state index contributed by atoms with van der Waals surface area (Å²) in [6.07, 6.45) is 0.906. The van der Waals surface area contributed by atoms with Gasteiger partial charge in [0.2, 0.25) is 0 Å². The van der Waals surface area contributed by atoms with Gasteiger partial charge in [0.25, 0.3) is 0 Å². The number of amides is 2. The summed E-state index contributed by atoms with van der Waals surface area (Å²) in [5.41, 5.74) is 4.20. The molecule has 0 atom stereocenters. The van der Waals surface area contributed by atoms with E-state index in [1.165, 1.54) is 5.56 Å². The van der Waals surface area contributed by atoms with E-state index in [-0.39, 0.29) is 6.03 Å². The molecule has 0 aliphatic carbocycles. The topological polar surface area (TPSA) is 41.6 Å². The molecule has 1 aliphatic rings. The smallest absolute Gasteiger partial charge is 0.322 e. The number of hydrogen-bond donors (Lipinski definition) is 1. The number of nitrogens with one attached hydrogen (secondary N) is 1. The second-order valence-corrected chi connectivity index (χ2v) is 6.36. The van der Waals surface area contributed by atoms with Gasteiger partial charge >= 0.3 is 6.03 Å². The quantitative estimate of drug-likeness (QED) is 0.848. The number of carbonyl (C=O) groups is 1. The van der Waals surface area contributed by atoms with Crippen molar-refractivity contribution in [1.29, 1.82) is 0 Å². The summed E-state index contributed by atoms with van der Waals surface area (Å²) in [4.78, 5) is 14.1. The maximum atomic E-state index is 12.3. The summed E-state index contributed by atoms with van der Waals surface area (Å²) >= 11 is 6.15. The van der Waals surface area contributed by atoms with Gasteiger partial charge in [0.05, 0.1) is 6.54 Å². The zero-order valence-corrected chi connectivity index (χ0v) is 14.7. The Morgan fingerprint density at radius 3 is 2.71 bits per heavy atom. The Labute approximate surface area is 147 Å². The summed E-state index contributed by atoms with van der Waals surface area (Å²) in [7, 11) is 0. The van der Waals surface area contributed by atoms with E-state index >= 15 is 0 Å². The van der Waals surface area contributed by atoms with Crippen LogP contribution in [0.3, 0.4) is 0 Å². The van der Waals surface area contributed by atoms with E-state index in [1.807, 2.05) is 44.2 Å². The number of ether oxygens (including phenoxy) is 1. The first-order valence-corrected chi connectivity index (χ1v) is 8.47. The first-order valence-electron chi connectivity index (χ1n) is 8.09. The molecule has 0 saturated heterocycles. The van der Waals surface area contributed by atoms with Gasteiger partial charge in [-0.1, -0.05) is 29.8 Å². The van der Waals surface area contributed by atoms with Crippen molar-refractivity contribution in [3.63, 3.8) is 0 Å². The number of urea groups is 1. The van der Waals surface area contributed by atoms with Crippen LogP contribution < -0.4 is 15.0 Å². The molecule has 1 aliphatic heterocycles. The van der Waals surface area contributed by atoms with Crippen LogP contribution >= 0.6 is 11.6 Å². The van der Waals surface area contributed by atoms with Crippen LogP contribution in [0.25, 0.3) is 0 Å². The Morgan fingerprint density at radius 2 is 1.96 bits per heavy atom. The van der Waals surface area contributed by atoms with E-state index in [0.29, 0.717) is 13.2 Å². The zero-order valence-electron chi connectivity index (χ0n) is 13.9. The molecule has 126 valence electrons.